The Bertz CT molecular complexity index is 907. The minimum absolute atomic E-state index is 0.0670. The van der Waals surface area contributed by atoms with Crippen LogP contribution >= 0.6 is 0 Å². The predicted octanol–water partition coefficient (Wildman–Crippen LogP) is 3.63. The molecule has 148 valence electrons. The van der Waals surface area contributed by atoms with E-state index in [0.717, 1.165) is 34.9 Å². The van der Waals surface area contributed by atoms with Crippen molar-refractivity contribution >= 4 is 17.9 Å². The van der Waals surface area contributed by atoms with Gasteiger partial charge in [0.1, 0.15) is 18.5 Å². The lowest BCUT2D eigenvalue weighted by Gasteiger charge is -2.18. The molecule has 1 atom stereocenters. The van der Waals surface area contributed by atoms with Gasteiger partial charge in [0.05, 0.1) is 16.7 Å². The third kappa shape index (κ3) is 4.88. The van der Waals surface area contributed by atoms with E-state index in [1.54, 1.807) is 6.92 Å². The van der Waals surface area contributed by atoms with E-state index < -0.39 is 24.0 Å². The maximum atomic E-state index is 12.4. The highest BCUT2D eigenvalue weighted by Gasteiger charge is 2.22. The standard InChI is InChI=1S/C21H22O7/c1-11-7-12(2)18(13(3)8-11)27-10-14(4)28-21(26)17-9-15(19(22)23)5-6-16(17)20(24)25/h5-9,14H,10H2,1-4H3,(H,22,23)(H,24,25). The molecule has 28 heavy (non-hydrogen) atoms. The van der Waals surface area contributed by atoms with Crippen molar-refractivity contribution in [2.45, 2.75) is 33.8 Å². The molecule has 0 saturated heterocycles. The summed E-state index contributed by atoms with van der Waals surface area (Å²) in [5.41, 5.74) is 2.18. The molecule has 2 aromatic rings. The Morgan fingerprint density at radius 1 is 0.929 bits per heavy atom. The summed E-state index contributed by atoms with van der Waals surface area (Å²) in [7, 11) is 0. The van der Waals surface area contributed by atoms with Crippen LogP contribution in [0.15, 0.2) is 30.3 Å². The fraction of sp³-hybridized carbons (Fsp3) is 0.286. The minimum atomic E-state index is -1.35. The zero-order valence-corrected chi connectivity index (χ0v) is 16.1. The summed E-state index contributed by atoms with van der Waals surface area (Å²) in [6.45, 7) is 7.50. The first-order valence-corrected chi connectivity index (χ1v) is 8.62. The van der Waals surface area contributed by atoms with E-state index in [4.69, 9.17) is 14.6 Å². The molecule has 0 amide bonds. The molecule has 0 radical (unpaired) electrons. The van der Waals surface area contributed by atoms with E-state index in [1.807, 2.05) is 32.9 Å². The number of rotatable bonds is 7. The van der Waals surface area contributed by atoms with Gasteiger partial charge in [-0.25, -0.2) is 14.4 Å². The Morgan fingerprint density at radius 3 is 2.07 bits per heavy atom. The number of hydrogen-bond donors (Lipinski definition) is 2. The molecule has 0 aliphatic carbocycles. The molecule has 0 aromatic heterocycles. The summed E-state index contributed by atoms with van der Waals surface area (Å²) in [6, 6.07) is 7.15. The van der Waals surface area contributed by atoms with Gasteiger partial charge < -0.3 is 19.7 Å². The van der Waals surface area contributed by atoms with Crippen molar-refractivity contribution in [3.05, 3.63) is 63.7 Å². The number of aryl methyl sites for hydroxylation is 3. The average molecular weight is 386 g/mol. The van der Waals surface area contributed by atoms with E-state index in [-0.39, 0.29) is 23.3 Å². The molecule has 2 rings (SSSR count). The Hall–Kier alpha value is -3.35. The largest absolute Gasteiger partial charge is 0.489 e. The lowest BCUT2D eigenvalue weighted by Crippen LogP contribution is -2.24. The van der Waals surface area contributed by atoms with Crippen LogP contribution in [0.4, 0.5) is 0 Å². The number of carbonyl (C=O) groups is 3. The van der Waals surface area contributed by atoms with Gasteiger partial charge in [-0.1, -0.05) is 17.7 Å². The number of carboxylic acids is 2. The van der Waals surface area contributed by atoms with E-state index in [0.29, 0.717) is 5.75 Å². The van der Waals surface area contributed by atoms with Gasteiger partial charge >= 0.3 is 17.9 Å². The summed E-state index contributed by atoms with van der Waals surface area (Å²) in [4.78, 5) is 34.8. The summed E-state index contributed by atoms with van der Waals surface area (Å²) < 4.78 is 11.0. The molecular formula is C21H22O7. The first-order valence-electron chi connectivity index (χ1n) is 8.62. The zero-order chi connectivity index (χ0) is 21.0. The van der Waals surface area contributed by atoms with Crippen LogP contribution in [-0.4, -0.2) is 40.8 Å². The number of esters is 1. The van der Waals surface area contributed by atoms with Crippen molar-refractivity contribution in [3.63, 3.8) is 0 Å². The van der Waals surface area contributed by atoms with E-state index >= 15 is 0 Å². The van der Waals surface area contributed by atoms with E-state index in [9.17, 15) is 19.5 Å². The summed E-state index contributed by atoms with van der Waals surface area (Å²) in [5, 5.41) is 18.3. The van der Waals surface area contributed by atoms with Crippen molar-refractivity contribution in [3.8, 4) is 5.75 Å². The molecule has 7 nitrogen and oxygen atoms in total. The van der Waals surface area contributed by atoms with Crippen molar-refractivity contribution in [1.82, 2.24) is 0 Å². The smallest absolute Gasteiger partial charge is 0.339 e. The van der Waals surface area contributed by atoms with Crippen LogP contribution < -0.4 is 4.74 Å². The number of carbonyl (C=O) groups excluding carboxylic acids is 1. The number of carboxylic acid groups (broad SMARTS) is 2. The Morgan fingerprint density at radius 2 is 1.54 bits per heavy atom. The lowest BCUT2D eigenvalue weighted by atomic mass is 10.0. The first-order chi connectivity index (χ1) is 13.1. The number of aromatic carboxylic acids is 2. The van der Waals surface area contributed by atoms with Crippen molar-refractivity contribution < 1.29 is 34.1 Å². The number of benzene rings is 2. The Kier molecular flexibility index (Phi) is 6.41. The van der Waals surface area contributed by atoms with Crippen LogP contribution in [0, 0.1) is 20.8 Å². The molecule has 0 aliphatic rings. The van der Waals surface area contributed by atoms with Gasteiger partial charge in [0, 0.05) is 0 Å². The second-order valence-corrected chi connectivity index (χ2v) is 6.63. The topological polar surface area (TPSA) is 110 Å². The Balaban J connectivity index is 2.13. The van der Waals surface area contributed by atoms with E-state index in [2.05, 4.69) is 0 Å². The Labute approximate surface area is 162 Å². The quantitative estimate of drug-likeness (QED) is 0.699. The molecule has 0 saturated carbocycles. The van der Waals surface area contributed by atoms with Gasteiger partial charge in [-0.3, -0.25) is 0 Å². The maximum Gasteiger partial charge on any atom is 0.339 e. The summed E-state index contributed by atoms with van der Waals surface area (Å²) in [5.74, 6) is -2.84. The van der Waals surface area contributed by atoms with Gasteiger partial charge in [0.25, 0.3) is 0 Å². The highest BCUT2D eigenvalue weighted by Crippen LogP contribution is 2.25. The zero-order valence-electron chi connectivity index (χ0n) is 16.1. The molecule has 1 unspecified atom stereocenters. The SMILES string of the molecule is Cc1cc(C)c(OCC(C)OC(=O)c2cc(C(=O)O)ccc2C(=O)O)c(C)c1. The van der Waals surface area contributed by atoms with Crippen molar-refractivity contribution in [2.24, 2.45) is 0 Å². The fourth-order valence-corrected chi connectivity index (χ4v) is 2.91. The molecule has 0 heterocycles. The third-order valence-corrected chi connectivity index (χ3v) is 4.09. The van der Waals surface area contributed by atoms with Gasteiger partial charge in [-0.2, -0.15) is 0 Å². The van der Waals surface area contributed by atoms with Crippen LogP contribution in [0.3, 0.4) is 0 Å². The van der Waals surface area contributed by atoms with Gasteiger partial charge in [-0.15, -0.1) is 0 Å². The van der Waals surface area contributed by atoms with Gasteiger partial charge in [0.2, 0.25) is 0 Å². The molecule has 7 heteroatoms. The highest BCUT2D eigenvalue weighted by atomic mass is 16.6. The van der Waals surface area contributed by atoms with Gasteiger partial charge in [-0.05, 0) is 57.0 Å². The van der Waals surface area contributed by atoms with Crippen LogP contribution in [-0.2, 0) is 4.74 Å². The predicted molar refractivity (Wildman–Crippen MR) is 101 cm³/mol. The second kappa shape index (κ2) is 8.56. The molecular weight excluding hydrogens is 364 g/mol. The first kappa shape index (κ1) is 21.0. The van der Waals surface area contributed by atoms with Crippen LogP contribution in [0.25, 0.3) is 0 Å². The summed E-state index contributed by atoms with van der Waals surface area (Å²) in [6.07, 6.45) is -0.678. The van der Waals surface area contributed by atoms with E-state index in [1.165, 1.54) is 0 Å². The fourth-order valence-electron chi connectivity index (χ4n) is 2.91. The third-order valence-electron chi connectivity index (χ3n) is 4.09. The van der Waals surface area contributed by atoms with Crippen LogP contribution in [0.5, 0.6) is 5.75 Å². The lowest BCUT2D eigenvalue weighted by molar-refractivity contribution is 0.0223. The second-order valence-electron chi connectivity index (χ2n) is 6.63. The monoisotopic (exact) mass is 386 g/mol. The van der Waals surface area contributed by atoms with Crippen LogP contribution in [0.2, 0.25) is 0 Å². The highest BCUT2D eigenvalue weighted by molar-refractivity contribution is 6.04. The normalized spacial score (nSPS) is 11.6. The molecule has 0 spiro atoms. The molecule has 2 N–H and O–H groups in total. The van der Waals surface area contributed by atoms with Crippen molar-refractivity contribution in [1.29, 1.82) is 0 Å². The molecule has 0 aliphatic heterocycles. The van der Waals surface area contributed by atoms with Crippen molar-refractivity contribution in [2.75, 3.05) is 6.61 Å². The maximum absolute atomic E-state index is 12.4. The molecule has 0 fully saturated rings. The average Bonchev–Trinajstić information content (AvgIpc) is 2.59. The van der Waals surface area contributed by atoms with Gasteiger partial charge in [0.15, 0.2) is 0 Å². The minimum Gasteiger partial charge on any atom is -0.489 e. The molecule has 2 aromatic carbocycles. The molecule has 0 bridgehead atoms. The number of ether oxygens (including phenoxy) is 2. The summed E-state index contributed by atoms with van der Waals surface area (Å²) >= 11 is 0. The number of hydrogen-bond acceptors (Lipinski definition) is 5. The van der Waals surface area contributed by atoms with Crippen LogP contribution in [0.1, 0.15) is 54.7 Å².